The third-order valence-corrected chi connectivity index (χ3v) is 4.15. The number of aryl methyl sites for hydroxylation is 1. The lowest BCUT2D eigenvalue weighted by Crippen LogP contribution is -2.87. The first-order chi connectivity index (χ1) is 12.7. The Balaban J connectivity index is 2.11. The van der Waals surface area contributed by atoms with E-state index in [1.165, 1.54) is 0 Å². The molecule has 0 aliphatic carbocycles. The van der Waals surface area contributed by atoms with Crippen LogP contribution in [0.4, 0.5) is 5.69 Å². The molecule has 2 aromatic rings. The summed E-state index contributed by atoms with van der Waals surface area (Å²) in [4.78, 5) is 13.0. The largest absolute Gasteiger partial charge is 0.495 e. The van der Waals surface area contributed by atoms with Gasteiger partial charge in [0.1, 0.15) is 5.75 Å². The lowest BCUT2D eigenvalue weighted by Gasteiger charge is -2.17. The molecule has 0 aliphatic rings. The topological polar surface area (TPSA) is 64.2 Å². The number of quaternary nitrogens is 1. The van der Waals surface area contributed by atoms with Gasteiger partial charge in [-0.3, -0.25) is 4.79 Å². The summed E-state index contributed by atoms with van der Waals surface area (Å²) in [6, 6.07) is 15.3. The summed E-state index contributed by atoms with van der Waals surface area (Å²) in [6.45, 7) is 6.22. The fourth-order valence-electron chi connectivity index (χ4n) is 2.80. The molecule has 3 N–H and O–H groups in total. The van der Waals surface area contributed by atoms with Crippen molar-refractivity contribution >= 4 is 11.6 Å². The molecule has 0 aromatic heterocycles. The van der Waals surface area contributed by atoms with Crippen molar-refractivity contribution in [2.45, 2.75) is 26.3 Å². The van der Waals surface area contributed by atoms with Crippen molar-refractivity contribution in [1.29, 1.82) is 0 Å². The predicted molar refractivity (Wildman–Crippen MR) is 103 cm³/mol. The highest BCUT2D eigenvalue weighted by atomic mass is 16.5. The van der Waals surface area contributed by atoms with Crippen LogP contribution in [0.15, 0.2) is 48.5 Å². The SMILES string of the molecule is CCOCCC[NH2+][C@H](C(=O)Nc1cc(C)ccc1OC)c1ccccc1. The van der Waals surface area contributed by atoms with Crippen LogP contribution >= 0.6 is 0 Å². The normalized spacial score (nSPS) is 11.8. The van der Waals surface area contributed by atoms with Crippen LogP contribution in [0, 0.1) is 6.92 Å². The molecule has 140 valence electrons. The predicted octanol–water partition coefficient (Wildman–Crippen LogP) is 2.67. The zero-order valence-corrected chi connectivity index (χ0v) is 15.8. The highest BCUT2D eigenvalue weighted by Gasteiger charge is 2.24. The number of anilines is 1. The summed E-state index contributed by atoms with van der Waals surface area (Å²) < 4.78 is 10.8. The minimum atomic E-state index is -0.317. The third-order valence-electron chi connectivity index (χ3n) is 4.15. The highest BCUT2D eigenvalue weighted by molar-refractivity contribution is 5.95. The number of benzene rings is 2. The maximum absolute atomic E-state index is 13.0. The van der Waals surface area contributed by atoms with E-state index in [-0.39, 0.29) is 11.9 Å². The summed E-state index contributed by atoms with van der Waals surface area (Å²) in [7, 11) is 1.61. The van der Waals surface area contributed by atoms with Crippen molar-refractivity contribution < 1.29 is 19.6 Å². The second-order valence-corrected chi connectivity index (χ2v) is 6.16. The number of rotatable bonds is 10. The Bertz CT molecular complexity index is 689. The highest BCUT2D eigenvalue weighted by Crippen LogP contribution is 2.26. The molecule has 5 nitrogen and oxygen atoms in total. The summed E-state index contributed by atoms with van der Waals surface area (Å²) in [6.07, 6.45) is 0.901. The van der Waals surface area contributed by atoms with E-state index in [4.69, 9.17) is 9.47 Å². The number of amides is 1. The van der Waals surface area contributed by atoms with Crippen molar-refractivity contribution in [2.75, 3.05) is 32.2 Å². The number of hydrogen-bond donors (Lipinski definition) is 2. The molecule has 0 unspecified atom stereocenters. The van der Waals surface area contributed by atoms with E-state index in [9.17, 15) is 4.79 Å². The zero-order valence-electron chi connectivity index (χ0n) is 15.8. The van der Waals surface area contributed by atoms with Crippen LogP contribution < -0.4 is 15.4 Å². The average Bonchev–Trinajstić information content (AvgIpc) is 2.65. The number of carbonyl (C=O) groups excluding carboxylic acids is 1. The molecular weight excluding hydrogens is 328 g/mol. The molecule has 2 rings (SSSR count). The van der Waals surface area contributed by atoms with Gasteiger partial charge in [-0.1, -0.05) is 36.4 Å². The van der Waals surface area contributed by atoms with Crippen molar-refractivity contribution in [2.24, 2.45) is 0 Å². The molecule has 26 heavy (non-hydrogen) atoms. The molecule has 0 aliphatic heterocycles. The number of nitrogens with two attached hydrogens (primary N) is 1. The van der Waals surface area contributed by atoms with Gasteiger partial charge >= 0.3 is 0 Å². The van der Waals surface area contributed by atoms with E-state index in [1.807, 2.05) is 62.4 Å². The van der Waals surface area contributed by atoms with Gasteiger partial charge in [-0.2, -0.15) is 0 Å². The van der Waals surface area contributed by atoms with Gasteiger partial charge in [-0.15, -0.1) is 0 Å². The first-order valence-corrected chi connectivity index (χ1v) is 9.07. The van der Waals surface area contributed by atoms with Crippen LogP contribution in [0.3, 0.4) is 0 Å². The van der Waals surface area contributed by atoms with E-state index in [0.29, 0.717) is 18.0 Å². The van der Waals surface area contributed by atoms with Crippen LogP contribution in [-0.2, 0) is 9.53 Å². The van der Waals surface area contributed by atoms with E-state index in [0.717, 1.165) is 30.7 Å². The Morgan fingerprint density at radius 2 is 1.96 bits per heavy atom. The van der Waals surface area contributed by atoms with Crippen LogP contribution in [0.25, 0.3) is 0 Å². The van der Waals surface area contributed by atoms with Gasteiger partial charge in [-0.05, 0) is 31.5 Å². The quantitative estimate of drug-likeness (QED) is 0.643. The Labute approximate surface area is 155 Å². The van der Waals surface area contributed by atoms with Gasteiger partial charge in [0.25, 0.3) is 5.91 Å². The number of methoxy groups -OCH3 is 1. The van der Waals surface area contributed by atoms with Crippen molar-refractivity contribution in [1.82, 2.24) is 0 Å². The van der Waals surface area contributed by atoms with Crippen LogP contribution in [0.1, 0.15) is 30.5 Å². The summed E-state index contributed by atoms with van der Waals surface area (Å²) in [5, 5.41) is 5.09. The maximum atomic E-state index is 13.0. The second kappa shape index (κ2) is 10.6. The van der Waals surface area contributed by atoms with Crippen LogP contribution in [0.5, 0.6) is 5.75 Å². The monoisotopic (exact) mass is 357 g/mol. The minimum absolute atomic E-state index is 0.0588. The molecule has 5 heteroatoms. The van der Waals surface area contributed by atoms with Gasteiger partial charge in [-0.25, -0.2) is 0 Å². The van der Waals surface area contributed by atoms with Crippen LogP contribution in [-0.4, -0.2) is 32.8 Å². The standard InChI is InChI=1S/C21H28N2O3/c1-4-26-14-8-13-22-20(17-9-6-5-7-10-17)21(24)23-18-15-16(2)11-12-19(18)25-3/h5-7,9-12,15,20,22H,4,8,13-14H2,1-3H3,(H,23,24)/p+1/t20-/m0/s1. The first kappa shape index (κ1) is 19.9. The van der Waals surface area contributed by atoms with Crippen molar-refractivity contribution in [3.63, 3.8) is 0 Å². The Hall–Kier alpha value is -2.37. The molecule has 1 atom stereocenters. The summed E-state index contributed by atoms with van der Waals surface area (Å²) in [5.74, 6) is 0.601. The number of carbonyl (C=O) groups is 1. The Kier molecular flexibility index (Phi) is 8.12. The molecule has 0 heterocycles. The van der Waals surface area contributed by atoms with E-state index in [2.05, 4.69) is 10.6 Å². The van der Waals surface area contributed by atoms with E-state index >= 15 is 0 Å². The molecule has 0 bridgehead atoms. The molecule has 0 fully saturated rings. The Morgan fingerprint density at radius 1 is 1.19 bits per heavy atom. The molecule has 0 saturated heterocycles. The molecule has 0 radical (unpaired) electrons. The molecule has 0 spiro atoms. The number of ether oxygens (including phenoxy) is 2. The van der Waals surface area contributed by atoms with Crippen molar-refractivity contribution in [3.05, 3.63) is 59.7 Å². The lowest BCUT2D eigenvalue weighted by molar-refractivity contribution is -0.682. The molecule has 1 amide bonds. The number of nitrogens with one attached hydrogen (secondary N) is 1. The average molecular weight is 357 g/mol. The summed E-state index contributed by atoms with van der Waals surface area (Å²) in [5.41, 5.74) is 2.74. The lowest BCUT2D eigenvalue weighted by atomic mass is 10.1. The second-order valence-electron chi connectivity index (χ2n) is 6.16. The minimum Gasteiger partial charge on any atom is -0.495 e. The van der Waals surface area contributed by atoms with Gasteiger partial charge in [0, 0.05) is 18.6 Å². The molecule has 0 saturated carbocycles. The van der Waals surface area contributed by atoms with Gasteiger partial charge in [0.2, 0.25) is 0 Å². The maximum Gasteiger partial charge on any atom is 0.287 e. The fraction of sp³-hybridized carbons (Fsp3) is 0.381. The first-order valence-electron chi connectivity index (χ1n) is 9.07. The molecular formula is C21H29N2O3+. The fourth-order valence-corrected chi connectivity index (χ4v) is 2.80. The number of hydrogen-bond acceptors (Lipinski definition) is 3. The van der Waals surface area contributed by atoms with Gasteiger partial charge < -0.3 is 20.1 Å². The van der Waals surface area contributed by atoms with Gasteiger partial charge in [0.05, 0.1) is 25.9 Å². The van der Waals surface area contributed by atoms with Crippen molar-refractivity contribution in [3.8, 4) is 5.75 Å². The Morgan fingerprint density at radius 3 is 2.65 bits per heavy atom. The molecule has 2 aromatic carbocycles. The van der Waals surface area contributed by atoms with E-state index < -0.39 is 0 Å². The summed E-state index contributed by atoms with van der Waals surface area (Å²) >= 11 is 0. The van der Waals surface area contributed by atoms with E-state index in [1.54, 1.807) is 7.11 Å². The third kappa shape index (κ3) is 5.86. The van der Waals surface area contributed by atoms with Crippen LogP contribution in [0.2, 0.25) is 0 Å². The zero-order chi connectivity index (χ0) is 18.8. The van der Waals surface area contributed by atoms with Gasteiger partial charge in [0.15, 0.2) is 6.04 Å². The smallest absolute Gasteiger partial charge is 0.287 e.